The van der Waals surface area contributed by atoms with Gasteiger partial charge in [-0.25, -0.2) is 20.4 Å². The molecule has 0 saturated carbocycles. The van der Waals surface area contributed by atoms with E-state index in [0.29, 0.717) is 16.0 Å². The number of nitrogens with one attached hydrogen (secondary N) is 1. The number of halogens is 2. The molecule has 1 aliphatic carbocycles. The summed E-state index contributed by atoms with van der Waals surface area (Å²) in [7, 11) is 0. The maximum absolute atomic E-state index is 6.66. The minimum absolute atomic E-state index is 0.186. The molecule has 1 unspecified atom stereocenters. The number of aliphatic imine (C=N–C) groups is 1. The molecule has 2 aliphatic heterocycles. The van der Waals surface area contributed by atoms with Crippen LogP contribution in [0, 0.1) is 0 Å². The van der Waals surface area contributed by atoms with E-state index in [2.05, 4.69) is 27.6 Å². The summed E-state index contributed by atoms with van der Waals surface area (Å²) in [5.74, 6) is 1.50. The summed E-state index contributed by atoms with van der Waals surface area (Å²) >= 11 is 13.1. The Morgan fingerprint density at radius 3 is 3.04 bits per heavy atom. The molecule has 4 rings (SSSR count). The highest BCUT2D eigenvalue weighted by atomic mass is 35.5. The van der Waals surface area contributed by atoms with Gasteiger partial charge in [-0.2, -0.15) is 0 Å². The van der Waals surface area contributed by atoms with Gasteiger partial charge in [-0.15, -0.1) is 0 Å². The first-order chi connectivity index (χ1) is 11.1. The highest BCUT2D eigenvalue weighted by Crippen LogP contribution is 2.40. The molecule has 23 heavy (non-hydrogen) atoms. The van der Waals surface area contributed by atoms with Crippen molar-refractivity contribution in [3.8, 4) is 0 Å². The van der Waals surface area contributed by atoms with Crippen LogP contribution in [-0.2, 0) is 0 Å². The number of pyridine rings is 1. The van der Waals surface area contributed by atoms with Gasteiger partial charge in [-0.3, -0.25) is 0 Å². The summed E-state index contributed by atoms with van der Waals surface area (Å²) in [6.07, 6.45) is 14.7. The van der Waals surface area contributed by atoms with E-state index in [4.69, 9.17) is 23.2 Å². The van der Waals surface area contributed by atoms with E-state index >= 15 is 0 Å². The van der Waals surface area contributed by atoms with Crippen molar-refractivity contribution in [3.05, 3.63) is 63.6 Å². The molecule has 0 saturated heterocycles. The van der Waals surface area contributed by atoms with Crippen LogP contribution in [0.15, 0.2) is 47.3 Å². The number of allylic oxidation sites excluding steroid dienone is 6. The van der Waals surface area contributed by atoms with Gasteiger partial charge < -0.3 is 0 Å². The average Bonchev–Trinajstić information content (AvgIpc) is 2.72. The largest absolute Gasteiger partial charge is 0.241 e. The molecule has 116 valence electrons. The Morgan fingerprint density at radius 1 is 1.30 bits per heavy atom. The Balaban J connectivity index is 1.87. The maximum Gasteiger partial charge on any atom is 0.161 e. The molecule has 0 amide bonds. The van der Waals surface area contributed by atoms with Gasteiger partial charge in [-0.05, 0) is 25.0 Å². The number of hydrogen-bond donors (Lipinski definition) is 1. The molecule has 0 fully saturated rings. The molecule has 0 aromatic carbocycles. The predicted molar refractivity (Wildman–Crippen MR) is 95.9 cm³/mol. The van der Waals surface area contributed by atoms with Gasteiger partial charge in [0.05, 0.1) is 10.6 Å². The Morgan fingerprint density at radius 2 is 2.17 bits per heavy atom. The van der Waals surface area contributed by atoms with E-state index in [1.165, 1.54) is 0 Å². The molecular formula is C17H14Cl2N4. The van der Waals surface area contributed by atoms with E-state index in [9.17, 15) is 0 Å². The summed E-state index contributed by atoms with van der Waals surface area (Å²) in [5.41, 5.74) is 5.78. The van der Waals surface area contributed by atoms with Crippen LogP contribution in [0.4, 0.5) is 5.82 Å². The lowest BCUT2D eigenvalue weighted by Gasteiger charge is -2.26. The van der Waals surface area contributed by atoms with E-state index in [1.807, 2.05) is 36.2 Å². The number of fused-ring (bicyclic) bond motifs is 3. The fourth-order valence-electron chi connectivity index (χ4n) is 2.83. The van der Waals surface area contributed by atoms with E-state index in [0.717, 1.165) is 28.9 Å². The quantitative estimate of drug-likeness (QED) is 0.773. The lowest BCUT2D eigenvalue weighted by Crippen LogP contribution is -2.38. The Hall–Kier alpha value is -1.88. The predicted octanol–water partition coefficient (Wildman–Crippen LogP) is 4.27. The number of aromatic nitrogens is 1. The maximum atomic E-state index is 6.66. The number of nitrogens with zero attached hydrogens (tertiary/aromatic N) is 3. The SMILES string of the molecule is CC1C=C2N=Cc3c(nc(Cl)c(C4=CCC=CC=C4)c3Cl)N2N1. The third-order valence-electron chi connectivity index (χ3n) is 3.89. The average molecular weight is 345 g/mol. The van der Waals surface area contributed by atoms with E-state index in [1.54, 1.807) is 6.21 Å². The van der Waals surface area contributed by atoms with Gasteiger partial charge in [0.25, 0.3) is 0 Å². The molecule has 4 nitrogen and oxygen atoms in total. The fraction of sp³-hybridized carbons (Fsp3) is 0.176. The van der Waals surface area contributed by atoms with Gasteiger partial charge in [-0.1, -0.05) is 53.6 Å². The number of anilines is 1. The third-order valence-corrected chi connectivity index (χ3v) is 4.56. The summed E-state index contributed by atoms with van der Waals surface area (Å²) < 4.78 is 0. The van der Waals surface area contributed by atoms with Crippen molar-refractivity contribution in [2.45, 2.75) is 19.4 Å². The van der Waals surface area contributed by atoms with Crippen molar-refractivity contribution in [2.24, 2.45) is 4.99 Å². The highest BCUT2D eigenvalue weighted by molar-refractivity contribution is 6.39. The third kappa shape index (κ3) is 2.43. The fourth-order valence-corrected chi connectivity index (χ4v) is 3.50. The first-order valence-electron chi connectivity index (χ1n) is 7.40. The second-order valence-electron chi connectivity index (χ2n) is 5.55. The van der Waals surface area contributed by atoms with Crippen molar-refractivity contribution in [3.63, 3.8) is 0 Å². The van der Waals surface area contributed by atoms with Gasteiger partial charge in [0.1, 0.15) is 11.0 Å². The summed E-state index contributed by atoms with van der Waals surface area (Å²) in [4.78, 5) is 9.04. The molecule has 1 aromatic rings. The number of hydrogen-bond acceptors (Lipinski definition) is 4. The molecular weight excluding hydrogens is 331 g/mol. The second-order valence-corrected chi connectivity index (χ2v) is 6.28. The zero-order valence-electron chi connectivity index (χ0n) is 12.4. The molecule has 6 heteroatoms. The summed E-state index contributed by atoms with van der Waals surface area (Å²) in [6, 6.07) is 0.186. The second kappa shape index (κ2) is 5.64. The van der Waals surface area contributed by atoms with Crippen LogP contribution < -0.4 is 10.4 Å². The zero-order chi connectivity index (χ0) is 16.0. The van der Waals surface area contributed by atoms with Crippen molar-refractivity contribution in [1.82, 2.24) is 10.4 Å². The molecule has 3 heterocycles. The van der Waals surface area contributed by atoms with Gasteiger partial charge >= 0.3 is 0 Å². The Labute approximate surface area is 144 Å². The van der Waals surface area contributed by atoms with Crippen LogP contribution in [0.2, 0.25) is 10.2 Å². The van der Waals surface area contributed by atoms with Crippen molar-refractivity contribution in [1.29, 1.82) is 0 Å². The first kappa shape index (κ1) is 14.7. The smallest absolute Gasteiger partial charge is 0.161 e. The Kier molecular flexibility index (Phi) is 3.60. The standard InChI is InChI=1S/C17H14Cl2N4/c1-10-8-13-20-9-12-15(18)14(11-6-4-2-3-5-7-11)16(19)21-17(12)23(13)22-10/h2-4,6-10,22H,5H2,1H3. The van der Waals surface area contributed by atoms with Crippen LogP contribution in [-0.4, -0.2) is 17.2 Å². The van der Waals surface area contributed by atoms with Crippen molar-refractivity contribution < 1.29 is 0 Å². The van der Waals surface area contributed by atoms with Crippen LogP contribution in [0.3, 0.4) is 0 Å². The highest BCUT2D eigenvalue weighted by Gasteiger charge is 2.30. The number of rotatable bonds is 1. The lowest BCUT2D eigenvalue weighted by atomic mass is 10.0. The molecule has 1 aromatic heterocycles. The van der Waals surface area contributed by atoms with E-state index in [-0.39, 0.29) is 6.04 Å². The van der Waals surface area contributed by atoms with Crippen LogP contribution in [0.25, 0.3) is 5.57 Å². The molecule has 1 N–H and O–H groups in total. The van der Waals surface area contributed by atoms with Gasteiger partial charge in [0, 0.05) is 17.8 Å². The first-order valence-corrected chi connectivity index (χ1v) is 8.15. The minimum Gasteiger partial charge on any atom is -0.241 e. The van der Waals surface area contributed by atoms with Crippen LogP contribution in [0.1, 0.15) is 24.5 Å². The lowest BCUT2D eigenvalue weighted by molar-refractivity contribution is 0.664. The summed E-state index contributed by atoms with van der Waals surface area (Å²) in [5, 5.41) is 2.80. The van der Waals surface area contributed by atoms with Crippen molar-refractivity contribution in [2.75, 3.05) is 5.01 Å². The zero-order valence-corrected chi connectivity index (χ0v) is 13.9. The topological polar surface area (TPSA) is 40.5 Å². The normalized spacial score (nSPS) is 21.7. The monoisotopic (exact) mass is 344 g/mol. The van der Waals surface area contributed by atoms with Gasteiger partial charge in [0.15, 0.2) is 5.82 Å². The molecule has 3 aliphatic rings. The van der Waals surface area contributed by atoms with Crippen molar-refractivity contribution >= 4 is 40.8 Å². The van der Waals surface area contributed by atoms with E-state index < -0.39 is 0 Å². The molecule has 0 spiro atoms. The Bertz CT molecular complexity index is 833. The summed E-state index contributed by atoms with van der Waals surface area (Å²) in [6.45, 7) is 2.05. The molecule has 0 bridgehead atoms. The van der Waals surface area contributed by atoms with Crippen LogP contribution >= 0.6 is 23.2 Å². The van der Waals surface area contributed by atoms with Gasteiger partial charge in [0.2, 0.25) is 0 Å². The van der Waals surface area contributed by atoms with Crippen LogP contribution in [0.5, 0.6) is 0 Å². The number of hydrazine groups is 1. The molecule has 0 radical (unpaired) electrons. The molecule has 1 atom stereocenters. The minimum atomic E-state index is 0.186.